The van der Waals surface area contributed by atoms with E-state index in [9.17, 15) is 19.9 Å². The van der Waals surface area contributed by atoms with Crippen molar-refractivity contribution in [1.29, 1.82) is 0 Å². The van der Waals surface area contributed by atoms with Crippen LogP contribution in [0.4, 0.5) is 0 Å². The molecule has 4 N–H and O–H groups in total. The lowest BCUT2D eigenvalue weighted by molar-refractivity contribution is -0.137. The second kappa shape index (κ2) is 9.32. The summed E-state index contributed by atoms with van der Waals surface area (Å²) in [5.74, 6) is -0.102. The average Bonchev–Trinajstić information content (AvgIpc) is 2.47. The predicted molar refractivity (Wildman–Crippen MR) is 85.2 cm³/mol. The zero-order chi connectivity index (χ0) is 17.6. The molecule has 0 saturated heterocycles. The molecule has 0 fully saturated rings. The van der Waals surface area contributed by atoms with Gasteiger partial charge in [0.25, 0.3) is 8.18 Å². The number of hydrogen-bond acceptors (Lipinski definition) is 7. The molecule has 8 nitrogen and oxygen atoms in total. The topological polar surface area (TPSA) is 121 Å². The zero-order valence-electron chi connectivity index (χ0n) is 13.7. The number of aromatic nitrogens is 1. The molecule has 0 aromatic carbocycles. The maximum absolute atomic E-state index is 11.9. The Hall–Kier alpha value is -1.02. The second-order valence-electron chi connectivity index (χ2n) is 5.44. The van der Waals surface area contributed by atoms with Crippen LogP contribution >= 0.6 is 8.18 Å². The standard InChI is InChI=1S/C14H25N2O6P/c1-8(2)22-14(19)10(4)16-23(20)21-7-11-5-15-9(3)13(18)12(11)6-17/h5,8,10,14,17-19,23H,6-7H2,1-4H3,(H,16,20)/t10-,14?/m0/s1. The van der Waals surface area contributed by atoms with Gasteiger partial charge < -0.3 is 24.6 Å². The van der Waals surface area contributed by atoms with Crippen LogP contribution in [0.2, 0.25) is 0 Å². The molecule has 0 aliphatic heterocycles. The van der Waals surface area contributed by atoms with Gasteiger partial charge in [0.05, 0.1) is 31.1 Å². The molecule has 0 aliphatic carbocycles. The number of aliphatic hydroxyl groups is 2. The maximum atomic E-state index is 11.9. The van der Waals surface area contributed by atoms with E-state index in [0.29, 0.717) is 16.8 Å². The van der Waals surface area contributed by atoms with E-state index in [2.05, 4.69) is 10.1 Å². The van der Waals surface area contributed by atoms with E-state index in [-0.39, 0.29) is 25.1 Å². The number of ether oxygens (including phenoxy) is 1. The maximum Gasteiger partial charge on any atom is 0.258 e. The monoisotopic (exact) mass is 348 g/mol. The highest BCUT2D eigenvalue weighted by Gasteiger charge is 2.18. The Balaban J connectivity index is 2.58. The summed E-state index contributed by atoms with van der Waals surface area (Å²) in [4.78, 5) is 3.97. The molecule has 0 amide bonds. The van der Waals surface area contributed by atoms with E-state index in [0.717, 1.165) is 0 Å². The van der Waals surface area contributed by atoms with E-state index >= 15 is 0 Å². The third kappa shape index (κ3) is 6.18. The van der Waals surface area contributed by atoms with Crippen LogP contribution in [0.25, 0.3) is 0 Å². The smallest absolute Gasteiger partial charge is 0.258 e. The number of aliphatic hydroxyl groups excluding tert-OH is 2. The van der Waals surface area contributed by atoms with E-state index < -0.39 is 20.5 Å². The van der Waals surface area contributed by atoms with Gasteiger partial charge in [-0.25, -0.2) is 5.09 Å². The Morgan fingerprint density at radius 2 is 2.04 bits per heavy atom. The number of rotatable bonds is 9. The molecule has 1 rings (SSSR count). The Morgan fingerprint density at radius 1 is 1.39 bits per heavy atom. The van der Waals surface area contributed by atoms with Gasteiger partial charge in [-0.1, -0.05) is 0 Å². The van der Waals surface area contributed by atoms with Crippen molar-refractivity contribution in [1.82, 2.24) is 10.1 Å². The van der Waals surface area contributed by atoms with Crippen LogP contribution in [-0.2, 0) is 27.0 Å². The Labute approximate surface area is 136 Å². The zero-order valence-corrected chi connectivity index (χ0v) is 14.7. The van der Waals surface area contributed by atoms with Crippen LogP contribution in [-0.4, -0.2) is 38.7 Å². The first-order chi connectivity index (χ1) is 10.8. The SMILES string of the molecule is Cc1ncc(CO[PH](=O)N[C@@H](C)C(O)OC(C)C)c(CO)c1O. The number of aryl methyl sites for hydroxylation is 1. The van der Waals surface area contributed by atoms with Crippen molar-refractivity contribution < 1.29 is 29.1 Å². The van der Waals surface area contributed by atoms with E-state index in [1.54, 1.807) is 27.7 Å². The number of hydrogen-bond donors (Lipinski definition) is 4. The van der Waals surface area contributed by atoms with Crippen molar-refractivity contribution in [2.24, 2.45) is 0 Å². The van der Waals surface area contributed by atoms with E-state index in [1.807, 2.05) is 0 Å². The Morgan fingerprint density at radius 3 is 2.61 bits per heavy atom. The molecule has 1 heterocycles. The Bertz CT molecular complexity index is 540. The molecule has 132 valence electrons. The van der Waals surface area contributed by atoms with Crippen molar-refractivity contribution in [3.8, 4) is 5.75 Å². The predicted octanol–water partition coefficient (Wildman–Crippen LogP) is 1.22. The van der Waals surface area contributed by atoms with Gasteiger partial charge in [0, 0.05) is 17.3 Å². The van der Waals surface area contributed by atoms with Crippen LogP contribution in [0, 0.1) is 6.92 Å². The summed E-state index contributed by atoms with van der Waals surface area (Å²) in [7, 11) is -2.64. The molecule has 0 radical (unpaired) electrons. The van der Waals surface area contributed by atoms with Gasteiger partial charge in [-0.05, 0) is 27.7 Å². The van der Waals surface area contributed by atoms with Gasteiger partial charge >= 0.3 is 0 Å². The molecule has 0 spiro atoms. The van der Waals surface area contributed by atoms with E-state index in [1.165, 1.54) is 6.20 Å². The molecule has 0 saturated carbocycles. The number of pyridine rings is 1. The van der Waals surface area contributed by atoms with Crippen LogP contribution in [0.15, 0.2) is 6.20 Å². The molecular weight excluding hydrogens is 323 g/mol. The van der Waals surface area contributed by atoms with Crippen molar-refractivity contribution in [2.45, 2.75) is 59.3 Å². The normalized spacial score (nSPS) is 15.6. The number of nitrogens with one attached hydrogen (secondary N) is 1. The van der Waals surface area contributed by atoms with Gasteiger partial charge in [-0.3, -0.25) is 9.55 Å². The Kier molecular flexibility index (Phi) is 8.11. The minimum atomic E-state index is -2.64. The minimum Gasteiger partial charge on any atom is -0.506 e. The fourth-order valence-electron chi connectivity index (χ4n) is 1.82. The lowest BCUT2D eigenvalue weighted by Crippen LogP contribution is -2.37. The quantitative estimate of drug-likeness (QED) is 0.388. The molecule has 0 aliphatic rings. The van der Waals surface area contributed by atoms with Crippen LogP contribution in [0.3, 0.4) is 0 Å². The third-order valence-electron chi connectivity index (χ3n) is 3.13. The lowest BCUT2D eigenvalue weighted by Gasteiger charge is -2.22. The van der Waals surface area contributed by atoms with Crippen molar-refractivity contribution in [2.75, 3.05) is 0 Å². The molecule has 23 heavy (non-hydrogen) atoms. The summed E-state index contributed by atoms with van der Waals surface area (Å²) in [5.41, 5.74) is 1.14. The number of aromatic hydroxyl groups is 1. The van der Waals surface area contributed by atoms with Crippen LogP contribution < -0.4 is 5.09 Å². The molecule has 0 bridgehead atoms. The van der Waals surface area contributed by atoms with Crippen molar-refractivity contribution in [3.05, 3.63) is 23.0 Å². The fraction of sp³-hybridized carbons (Fsp3) is 0.643. The van der Waals surface area contributed by atoms with Crippen molar-refractivity contribution in [3.63, 3.8) is 0 Å². The molecule has 2 unspecified atom stereocenters. The van der Waals surface area contributed by atoms with Crippen LogP contribution in [0.1, 0.15) is 37.6 Å². The molecule has 9 heteroatoms. The summed E-state index contributed by atoms with van der Waals surface area (Å²) in [6.07, 6.45) is 0.187. The number of nitrogens with zero attached hydrogens (tertiary/aromatic N) is 1. The van der Waals surface area contributed by atoms with Crippen molar-refractivity contribution >= 4 is 8.18 Å². The van der Waals surface area contributed by atoms with Gasteiger partial charge in [-0.2, -0.15) is 0 Å². The summed E-state index contributed by atoms with van der Waals surface area (Å²) in [6, 6.07) is -0.578. The third-order valence-corrected chi connectivity index (χ3v) is 4.23. The summed E-state index contributed by atoms with van der Waals surface area (Å²) < 4.78 is 22.3. The van der Waals surface area contributed by atoms with E-state index in [4.69, 9.17) is 9.26 Å². The highest BCUT2D eigenvalue weighted by Crippen LogP contribution is 2.27. The fourth-order valence-corrected chi connectivity index (χ4v) is 2.71. The van der Waals surface area contributed by atoms with Gasteiger partial charge in [-0.15, -0.1) is 0 Å². The molecule has 3 atom stereocenters. The summed E-state index contributed by atoms with van der Waals surface area (Å²) >= 11 is 0. The van der Waals surface area contributed by atoms with Gasteiger partial charge in [0.2, 0.25) is 0 Å². The lowest BCUT2D eigenvalue weighted by atomic mass is 10.1. The minimum absolute atomic E-state index is 0.0879. The highest BCUT2D eigenvalue weighted by molar-refractivity contribution is 7.36. The highest BCUT2D eigenvalue weighted by atomic mass is 31.1. The average molecular weight is 348 g/mol. The van der Waals surface area contributed by atoms with Gasteiger partial charge in [0.1, 0.15) is 5.75 Å². The molecular formula is C14H25N2O6P. The first kappa shape index (κ1) is 20.0. The largest absolute Gasteiger partial charge is 0.506 e. The summed E-state index contributed by atoms with van der Waals surface area (Å²) in [5, 5.41) is 31.5. The summed E-state index contributed by atoms with van der Waals surface area (Å²) in [6.45, 7) is 6.33. The molecule has 1 aromatic rings. The van der Waals surface area contributed by atoms with Gasteiger partial charge in [0.15, 0.2) is 6.29 Å². The van der Waals surface area contributed by atoms with Crippen LogP contribution in [0.5, 0.6) is 5.75 Å². The first-order valence-corrected chi connectivity index (χ1v) is 8.61. The molecule has 1 aromatic heterocycles. The first-order valence-electron chi connectivity index (χ1n) is 7.30. The second-order valence-corrected chi connectivity index (χ2v) is 6.59.